The predicted octanol–water partition coefficient (Wildman–Crippen LogP) is 8.50. The van der Waals surface area contributed by atoms with E-state index in [0.29, 0.717) is 17.0 Å². The van der Waals surface area contributed by atoms with Crippen LogP contribution in [-0.2, 0) is 14.3 Å². The Kier molecular flexibility index (Phi) is 11.8. The van der Waals surface area contributed by atoms with Gasteiger partial charge in [0.2, 0.25) is 0 Å². The molecule has 3 aromatic carbocycles. The largest absolute Gasteiger partial charge is 0.385 e. The minimum atomic E-state index is -4.11. The Morgan fingerprint density at radius 3 is 1.73 bits per heavy atom. The minimum absolute atomic E-state index is 0.107. The van der Waals surface area contributed by atoms with E-state index < -0.39 is 22.3 Å². The lowest BCUT2D eigenvalue weighted by atomic mass is 9.88. The topological polar surface area (TPSA) is 63.6 Å². The Morgan fingerprint density at radius 2 is 1.16 bits per heavy atom. The summed E-state index contributed by atoms with van der Waals surface area (Å²) in [6.45, 7) is 4.44. The van der Waals surface area contributed by atoms with Crippen LogP contribution in [0.2, 0.25) is 0 Å². The third-order valence-corrected chi connectivity index (χ3v) is 8.30. The fraction of sp³-hybridized carbons (Fsp3) is 0.438. The lowest BCUT2D eigenvalue weighted by molar-refractivity contribution is 0.0385. The first kappa shape index (κ1) is 29.1. The number of hydrogen-bond donors (Lipinski definition) is 1. The molecule has 0 heterocycles. The van der Waals surface area contributed by atoms with Gasteiger partial charge in [0, 0.05) is 0 Å². The summed E-state index contributed by atoms with van der Waals surface area (Å²) in [5.74, 6) is 0.443. The summed E-state index contributed by atoms with van der Waals surface area (Å²) in [7, 11) is -4.11. The lowest BCUT2D eigenvalue weighted by Gasteiger charge is -2.24. The van der Waals surface area contributed by atoms with Crippen LogP contribution < -0.4 is 0 Å². The highest BCUT2D eigenvalue weighted by molar-refractivity contribution is 7.86. The second kappa shape index (κ2) is 15.1. The molecule has 0 saturated carbocycles. The van der Waals surface area contributed by atoms with Crippen LogP contribution in [0, 0.1) is 0 Å². The molecule has 0 bridgehead atoms. The van der Waals surface area contributed by atoms with Crippen molar-refractivity contribution in [3.05, 3.63) is 102 Å². The van der Waals surface area contributed by atoms with Crippen molar-refractivity contribution in [2.45, 2.75) is 94.7 Å². The molecule has 0 fully saturated rings. The van der Waals surface area contributed by atoms with E-state index in [9.17, 15) is 13.5 Å². The van der Waals surface area contributed by atoms with Gasteiger partial charge >= 0.3 is 0 Å². The monoisotopic (exact) mass is 522 g/mol. The first-order valence-corrected chi connectivity index (χ1v) is 15.2. The van der Waals surface area contributed by atoms with Gasteiger partial charge in [-0.2, -0.15) is 8.42 Å². The summed E-state index contributed by atoms with van der Waals surface area (Å²) in [6, 6.07) is 25.2. The van der Waals surface area contributed by atoms with E-state index in [1.807, 2.05) is 48.5 Å². The van der Waals surface area contributed by atoms with Gasteiger partial charge in [0.1, 0.15) is 12.2 Å². The van der Waals surface area contributed by atoms with E-state index in [2.05, 4.69) is 13.8 Å². The van der Waals surface area contributed by atoms with Gasteiger partial charge in [-0.05, 0) is 47.6 Å². The van der Waals surface area contributed by atoms with Crippen LogP contribution in [0.25, 0.3) is 0 Å². The summed E-state index contributed by atoms with van der Waals surface area (Å²) >= 11 is 0. The van der Waals surface area contributed by atoms with Crippen molar-refractivity contribution in [1.82, 2.24) is 0 Å². The Morgan fingerprint density at radius 1 is 0.649 bits per heavy atom. The van der Waals surface area contributed by atoms with Crippen molar-refractivity contribution in [2.75, 3.05) is 0 Å². The molecule has 0 aliphatic carbocycles. The molecule has 4 nitrogen and oxygen atoms in total. The molecule has 0 spiro atoms. The fourth-order valence-electron chi connectivity index (χ4n) is 4.79. The highest BCUT2D eigenvalue weighted by Gasteiger charge is 2.30. The van der Waals surface area contributed by atoms with Gasteiger partial charge in [-0.15, -0.1) is 0 Å². The van der Waals surface area contributed by atoms with Gasteiger partial charge in [0.05, 0.1) is 4.90 Å². The third-order valence-electron chi connectivity index (χ3n) is 6.99. The van der Waals surface area contributed by atoms with Gasteiger partial charge in [-0.3, -0.25) is 4.18 Å². The van der Waals surface area contributed by atoms with Crippen molar-refractivity contribution in [1.29, 1.82) is 0 Å². The van der Waals surface area contributed by atoms with Crippen LogP contribution in [0.4, 0.5) is 0 Å². The molecular weight excluding hydrogens is 480 g/mol. The Bertz CT molecular complexity index is 1130. The Hall–Kier alpha value is -2.47. The molecule has 3 rings (SSSR count). The average Bonchev–Trinajstić information content (AvgIpc) is 2.94. The molecule has 200 valence electrons. The second-order valence-electron chi connectivity index (χ2n) is 9.85. The summed E-state index contributed by atoms with van der Waals surface area (Å²) in [5, 5.41) is 11.1. The number of aliphatic hydroxyl groups is 1. The molecule has 0 aromatic heterocycles. The maximum Gasteiger partial charge on any atom is 0.297 e. The highest BCUT2D eigenvalue weighted by Crippen LogP contribution is 2.36. The van der Waals surface area contributed by atoms with Crippen LogP contribution >= 0.6 is 0 Å². The number of aliphatic hydroxyl groups excluding tert-OH is 1. The van der Waals surface area contributed by atoms with E-state index in [0.717, 1.165) is 12.8 Å². The Labute approximate surface area is 223 Å². The van der Waals surface area contributed by atoms with Gasteiger partial charge in [0.25, 0.3) is 10.1 Å². The molecule has 5 heteroatoms. The van der Waals surface area contributed by atoms with E-state index in [4.69, 9.17) is 4.18 Å². The summed E-state index contributed by atoms with van der Waals surface area (Å²) < 4.78 is 32.4. The summed E-state index contributed by atoms with van der Waals surface area (Å²) in [5.41, 5.74) is 2.39. The lowest BCUT2D eigenvalue weighted by Crippen LogP contribution is -2.19. The molecule has 0 amide bonds. The maximum atomic E-state index is 13.4. The molecule has 0 radical (unpaired) electrons. The molecule has 37 heavy (non-hydrogen) atoms. The quantitative estimate of drug-likeness (QED) is 0.151. The van der Waals surface area contributed by atoms with Gasteiger partial charge in [-0.25, -0.2) is 0 Å². The molecule has 0 aliphatic heterocycles. The van der Waals surface area contributed by atoms with Crippen molar-refractivity contribution in [3.8, 4) is 0 Å². The highest BCUT2D eigenvalue weighted by atomic mass is 32.2. The van der Waals surface area contributed by atoms with Crippen LogP contribution in [0.5, 0.6) is 0 Å². The molecule has 1 N–H and O–H groups in total. The summed E-state index contributed by atoms with van der Waals surface area (Å²) in [4.78, 5) is 0.107. The predicted molar refractivity (Wildman–Crippen MR) is 151 cm³/mol. The van der Waals surface area contributed by atoms with Crippen molar-refractivity contribution in [3.63, 3.8) is 0 Å². The smallest absolute Gasteiger partial charge is 0.297 e. The van der Waals surface area contributed by atoms with Gasteiger partial charge in [-0.1, -0.05) is 132 Å². The SMILES string of the molecule is CCCCCCC(CCCCC)c1ccc(S(=O)(=O)OC(c2ccccc2)C(O)c2ccccc2)cc1. The molecule has 0 saturated heterocycles. The standard InChI is InChI=1S/C32H42O4S/c1-3-5-7-11-17-26(16-10-6-4-2)27-22-24-30(25-23-27)37(34,35)36-32(29-20-14-9-15-21-29)31(33)28-18-12-8-13-19-28/h8-9,12-15,18-26,31-33H,3-7,10-11,16-17H2,1-2H3. The zero-order chi connectivity index (χ0) is 26.5. The molecule has 3 aromatic rings. The fourth-order valence-corrected chi connectivity index (χ4v) is 5.86. The molecule has 0 aliphatic rings. The number of benzene rings is 3. The number of hydrogen-bond acceptors (Lipinski definition) is 4. The zero-order valence-corrected chi connectivity index (χ0v) is 23.1. The third kappa shape index (κ3) is 8.80. The van der Waals surface area contributed by atoms with Crippen LogP contribution in [0.1, 0.15) is 106 Å². The van der Waals surface area contributed by atoms with Crippen molar-refractivity contribution < 1.29 is 17.7 Å². The molecule has 3 atom stereocenters. The maximum absolute atomic E-state index is 13.4. The van der Waals surface area contributed by atoms with E-state index >= 15 is 0 Å². The zero-order valence-electron chi connectivity index (χ0n) is 22.3. The van der Waals surface area contributed by atoms with Gasteiger partial charge in [0.15, 0.2) is 0 Å². The summed E-state index contributed by atoms with van der Waals surface area (Å²) in [6.07, 6.45) is 8.57. The van der Waals surface area contributed by atoms with Crippen LogP contribution in [0.3, 0.4) is 0 Å². The number of rotatable bonds is 16. The van der Waals surface area contributed by atoms with Crippen molar-refractivity contribution >= 4 is 10.1 Å². The van der Waals surface area contributed by atoms with Crippen LogP contribution in [0.15, 0.2) is 89.8 Å². The van der Waals surface area contributed by atoms with Crippen LogP contribution in [-0.4, -0.2) is 13.5 Å². The molecule has 3 unspecified atom stereocenters. The average molecular weight is 523 g/mol. The van der Waals surface area contributed by atoms with E-state index in [1.54, 1.807) is 36.4 Å². The first-order chi connectivity index (χ1) is 18.0. The minimum Gasteiger partial charge on any atom is -0.385 e. The van der Waals surface area contributed by atoms with E-state index in [1.165, 1.54) is 50.5 Å². The second-order valence-corrected chi connectivity index (χ2v) is 11.4. The normalized spacial score (nSPS) is 14.2. The van der Waals surface area contributed by atoms with Crippen molar-refractivity contribution in [2.24, 2.45) is 0 Å². The van der Waals surface area contributed by atoms with Gasteiger partial charge < -0.3 is 5.11 Å². The number of unbranched alkanes of at least 4 members (excludes halogenated alkanes) is 5. The Balaban J connectivity index is 1.80. The van der Waals surface area contributed by atoms with E-state index in [-0.39, 0.29) is 4.90 Å². The molecular formula is C32H42O4S. The first-order valence-electron chi connectivity index (χ1n) is 13.8.